The number of aromatic nitrogens is 1. The highest BCUT2D eigenvalue weighted by Gasteiger charge is 2.21. The number of hydrogen-bond donors (Lipinski definition) is 1. The van der Waals surface area contributed by atoms with E-state index < -0.39 is 0 Å². The SMILES string of the molecule is Cc1ccc(Cl)cc1NC(=S)N(Cc1ccccn1)C[C@H]1CCCO1. The van der Waals surface area contributed by atoms with Crippen LogP contribution < -0.4 is 5.32 Å². The van der Waals surface area contributed by atoms with Gasteiger partial charge in [0.1, 0.15) is 0 Å². The van der Waals surface area contributed by atoms with Crippen LogP contribution in [0.3, 0.4) is 0 Å². The normalized spacial score (nSPS) is 16.6. The van der Waals surface area contributed by atoms with Gasteiger partial charge in [-0.2, -0.15) is 0 Å². The van der Waals surface area contributed by atoms with Gasteiger partial charge in [0, 0.05) is 30.1 Å². The quantitative estimate of drug-likeness (QED) is 0.783. The molecule has 0 unspecified atom stereocenters. The van der Waals surface area contributed by atoms with Crippen LogP contribution in [0.2, 0.25) is 5.02 Å². The van der Waals surface area contributed by atoms with Crippen LogP contribution in [0.5, 0.6) is 0 Å². The van der Waals surface area contributed by atoms with E-state index in [4.69, 9.17) is 28.6 Å². The number of aryl methyl sites for hydroxylation is 1. The van der Waals surface area contributed by atoms with E-state index in [9.17, 15) is 0 Å². The van der Waals surface area contributed by atoms with E-state index in [2.05, 4.69) is 15.2 Å². The van der Waals surface area contributed by atoms with Gasteiger partial charge < -0.3 is 15.0 Å². The first-order chi connectivity index (χ1) is 12.1. The Balaban J connectivity index is 1.74. The lowest BCUT2D eigenvalue weighted by Gasteiger charge is -2.28. The lowest BCUT2D eigenvalue weighted by molar-refractivity contribution is 0.0903. The smallest absolute Gasteiger partial charge is 0.173 e. The van der Waals surface area contributed by atoms with E-state index in [1.165, 1.54) is 0 Å². The molecule has 0 amide bonds. The van der Waals surface area contributed by atoms with Crippen molar-refractivity contribution in [1.82, 2.24) is 9.88 Å². The van der Waals surface area contributed by atoms with Crippen molar-refractivity contribution in [2.75, 3.05) is 18.5 Å². The van der Waals surface area contributed by atoms with Crippen LogP contribution in [0, 0.1) is 6.92 Å². The van der Waals surface area contributed by atoms with Gasteiger partial charge in [-0.25, -0.2) is 0 Å². The Labute approximate surface area is 159 Å². The molecule has 0 radical (unpaired) electrons. The van der Waals surface area contributed by atoms with Crippen molar-refractivity contribution in [3.05, 3.63) is 58.9 Å². The Hall–Kier alpha value is -1.69. The molecule has 6 heteroatoms. The van der Waals surface area contributed by atoms with Gasteiger partial charge in [0.25, 0.3) is 0 Å². The molecular formula is C19H22ClN3OS. The largest absolute Gasteiger partial charge is 0.376 e. The average Bonchev–Trinajstić information content (AvgIpc) is 3.11. The van der Waals surface area contributed by atoms with Crippen LogP contribution in [0.4, 0.5) is 5.69 Å². The third kappa shape index (κ3) is 5.14. The second-order valence-corrected chi connectivity index (χ2v) is 7.05. The van der Waals surface area contributed by atoms with E-state index in [0.717, 1.165) is 42.9 Å². The van der Waals surface area contributed by atoms with Crippen molar-refractivity contribution < 1.29 is 4.74 Å². The summed E-state index contributed by atoms with van der Waals surface area (Å²) in [4.78, 5) is 6.54. The summed E-state index contributed by atoms with van der Waals surface area (Å²) < 4.78 is 5.79. The highest BCUT2D eigenvalue weighted by atomic mass is 35.5. The van der Waals surface area contributed by atoms with E-state index in [-0.39, 0.29) is 6.10 Å². The highest BCUT2D eigenvalue weighted by Crippen LogP contribution is 2.22. The molecule has 1 N–H and O–H groups in total. The van der Waals surface area contributed by atoms with Crippen molar-refractivity contribution in [1.29, 1.82) is 0 Å². The Morgan fingerprint density at radius 1 is 1.40 bits per heavy atom. The van der Waals surface area contributed by atoms with Gasteiger partial charge in [-0.15, -0.1) is 0 Å². The van der Waals surface area contributed by atoms with Gasteiger partial charge in [-0.05, 0) is 61.8 Å². The van der Waals surface area contributed by atoms with Crippen molar-refractivity contribution in [2.24, 2.45) is 0 Å². The third-order valence-electron chi connectivity index (χ3n) is 4.26. The molecule has 25 heavy (non-hydrogen) atoms. The van der Waals surface area contributed by atoms with Gasteiger partial charge in [-0.3, -0.25) is 4.98 Å². The number of ether oxygens (including phenoxy) is 1. The fraction of sp³-hybridized carbons (Fsp3) is 0.368. The average molecular weight is 376 g/mol. The molecule has 1 aromatic heterocycles. The summed E-state index contributed by atoms with van der Waals surface area (Å²) in [5.74, 6) is 0. The van der Waals surface area contributed by atoms with Gasteiger partial charge in [0.15, 0.2) is 5.11 Å². The fourth-order valence-corrected chi connectivity index (χ4v) is 3.28. The number of pyridine rings is 1. The molecule has 1 saturated heterocycles. The molecule has 1 aromatic carbocycles. The maximum absolute atomic E-state index is 6.12. The zero-order valence-corrected chi connectivity index (χ0v) is 15.8. The molecule has 132 valence electrons. The summed E-state index contributed by atoms with van der Waals surface area (Å²) in [6.45, 7) is 4.26. The zero-order valence-electron chi connectivity index (χ0n) is 14.2. The topological polar surface area (TPSA) is 37.4 Å². The molecular weight excluding hydrogens is 354 g/mol. The number of thiocarbonyl (C=S) groups is 1. The minimum atomic E-state index is 0.212. The molecule has 0 aliphatic carbocycles. The number of anilines is 1. The Morgan fingerprint density at radius 2 is 2.28 bits per heavy atom. The van der Waals surface area contributed by atoms with Crippen molar-refractivity contribution in [2.45, 2.75) is 32.4 Å². The van der Waals surface area contributed by atoms with E-state index >= 15 is 0 Å². The number of nitrogens with zero attached hydrogens (tertiary/aromatic N) is 2. The van der Waals surface area contributed by atoms with Gasteiger partial charge in [0.05, 0.1) is 18.3 Å². The molecule has 0 saturated carbocycles. The number of benzene rings is 1. The van der Waals surface area contributed by atoms with Gasteiger partial charge in [0.2, 0.25) is 0 Å². The molecule has 1 atom stereocenters. The second kappa shape index (κ2) is 8.61. The molecule has 2 aromatic rings. The molecule has 2 heterocycles. The van der Waals surface area contributed by atoms with E-state index in [1.807, 2.05) is 43.3 Å². The summed E-state index contributed by atoms with van der Waals surface area (Å²) in [7, 11) is 0. The summed E-state index contributed by atoms with van der Waals surface area (Å²) in [6.07, 6.45) is 4.19. The fourth-order valence-electron chi connectivity index (χ4n) is 2.86. The van der Waals surface area contributed by atoms with Crippen molar-refractivity contribution in [3.63, 3.8) is 0 Å². The number of nitrogens with one attached hydrogen (secondary N) is 1. The lowest BCUT2D eigenvalue weighted by atomic mass is 10.2. The van der Waals surface area contributed by atoms with Crippen LogP contribution in [-0.4, -0.2) is 34.3 Å². The molecule has 1 fully saturated rings. The molecule has 1 aliphatic heterocycles. The second-order valence-electron chi connectivity index (χ2n) is 6.23. The molecule has 0 bridgehead atoms. The first kappa shape index (κ1) is 18.1. The van der Waals surface area contributed by atoms with E-state index in [1.54, 1.807) is 6.20 Å². The van der Waals surface area contributed by atoms with Crippen LogP contribution in [-0.2, 0) is 11.3 Å². The number of halogens is 1. The maximum Gasteiger partial charge on any atom is 0.173 e. The zero-order chi connectivity index (χ0) is 17.6. The van der Waals surface area contributed by atoms with Crippen LogP contribution in [0.1, 0.15) is 24.1 Å². The van der Waals surface area contributed by atoms with Gasteiger partial charge in [-0.1, -0.05) is 23.7 Å². The number of hydrogen-bond acceptors (Lipinski definition) is 3. The first-order valence-corrected chi connectivity index (χ1v) is 9.24. The van der Waals surface area contributed by atoms with Crippen LogP contribution in [0.25, 0.3) is 0 Å². The highest BCUT2D eigenvalue weighted by molar-refractivity contribution is 7.80. The Kier molecular flexibility index (Phi) is 6.24. The Bertz CT molecular complexity index is 720. The minimum absolute atomic E-state index is 0.212. The minimum Gasteiger partial charge on any atom is -0.376 e. The lowest BCUT2D eigenvalue weighted by Crippen LogP contribution is -2.39. The first-order valence-electron chi connectivity index (χ1n) is 8.45. The number of rotatable bonds is 5. The molecule has 3 rings (SSSR count). The monoisotopic (exact) mass is 375 g/mol. The van der Waals surface area contributed by atoms with Crippen molar-refractivity contribution >= 4 is 34.6 Å². The molecule has 1 aliphatic rings. The van der Waals surface area contributed by atoms with Crippen molar-refractivity contribution in [3.8, 4) is 0 Å². The predicted molar refractivity (Wildman–Crippen MR) is 106 cm³/mol. The summed E-state index contributed by atoms with van der Waals surface area (Å²) in [5, 5.41) is 4.68. The van der Waals surface area contributed by atoms with Crippen LogP contribution in [0.15, 0.2) is 42.6 Å². The summed E-state index contributed by atoms with van der Waals surface area (Å²) in [5.41, 5.74) is 3.00. The molecule has 4 nitrogen and oxygen atoms in total. The summed E-state index contributed by atoms with van der Waals surface area (Å²) >= 11 is 11.8. The third-order valence-corrected chi connectivity index (χ3v) is 4.85. The van der Waals surface area contributed by atoms with E-state index in [0.29, 0.717) is 16.7 Å². The van der Waals surface area contributed by atoms with Crippen LogP contribution >= 0.6 is 23.8 Å². The van der Waals surface area contributed by atoms with Gasteiger partial charge >= 0.3 is 0 Å². The Morgan fingerprint density at radius 3 is 3.00 bits per heavy atom. The molecule has 0 spiro atoms. The standard InChI is InChI=1S/C19H22ClN3OS/c1-14-7-8-15(20)11-18(14)22-19(25)23(13-17-6-4-10-24-17)12-16-5-2-3-9-21-16/h2-3,5,7-9,11,17H,4,6,10,12-13H2,1H3,(H,22,25)/t17-/m1/s1. The summed E-state index contributed by atoms with van der Waals surface area (Å²) in [6, 6.07) is 11.7. The maximum atomic E-state index is 6.12. The predicted octanol–water partition coefficient (Wildman–Crippen LogP) is 4.42.